The van der Waals surface area contributed by atoms with Gasteiger partial charge in [-0.15, -0.1) is 0 Å². The summed E-state index contributed by atoms with van der Waals surface area (Å²) in [5.74, 6) is -0.251. The molecule has 1 aromatic carbocycles. The van der Waals surface area contributed by atoms with Crippen LogP contribution in [0.3, 0.4) is 0 Å². The van der Waals surface area contributed by atoms with Crippen molar-refractivity contribution in [3.05, 3.63) is 78.5 Å². The summed E-state index contributed by atoms with van der Waals surface area (Å²) in [6, 6.07) is 12.6. The summed E-state index contributed by atoms with van der Waals surface area (Å²) in [4.78, 5) is 34.6. The number of hydrogen-bond acceptors (Lipinski definition) is 5. The summed E-state index contributed by atoms with van der Waals surface area (Å²) in [7, 11) is 1.63. The zero-order valence-corrected chi connectivity index (χ0v) is 17.4. The summed E-state index contributed by atoms with van der Waals surface area (Å²) in [6.07, 6.45) is 4.41. The lowest BCUT2D eigenvalue weighted by Crippen LogP contribution is -2.26. The second-order valence-electron chi connectivity index (χ2n) is 6.91. The van der Waals surface area contributed by atoms with E-state index in [0.717, 1.165) is 11.3 Å². The standard InChI is InChI=1S/C23H20FN5O3/c1-3-32-23(31)27-20-10-4-15(12-25-20)19-13-26-21-11-5-16(14-29(19)21)22(30)28(2)18-8-6-17(24)7-9-18/h4-14H,3H2,1-2H3,(H,25,27,31). The lowest BCUT2D eigenvalue weighted by molar-refractivity contribution is 0.0992. The molecule has 0 saturated heterocycles. The van der Waals surface area contributed by atoms with Gasteiger partial charge in [-0.1, -0.05) is 0 Å². The zero-order chi connectivity index (χ0) is 22.7. The van der Waals surface area contributed by atoms with E-state index in [1.807, 2.05) is 0 Å². The molecular formula is C23H20FN5O3. The minimum Gasteiger partial charge on any atom is -0.450 e. The number of halogens is 1. The molecule has 4 aromatic rings. The van der Waals surface area contributed by atoms with Crippen LogP contribution in [0.25, 0.3) is 16.9 Å². The van der Waals surface area contributed by atoms with E-state index in [9.17, 15) is 14.0 Å². The smallest absolute Gasteiger partial charge is 0.412 e. The molecule has 0 bridgehead atoms. The van der Waals surface area contributed by atoms with Crippen molar-refractivity contribution in [3.63, 3.8) is 0 Å². The number of rotatable bonds is 5. The number of benzene rings is 1. The molecule has 0 radical (unpaired) electrons. The maximum atomic E-state index is 13.2. The molecule has 9 heteroatoms. The number of hydrogen-bond donors (Lipinski definition) is 1. The second kappa shape index (κ2) is 8.84. The van der Waals surface area contributed by atoms with Gasteiger partial charge in [-0.25, -0.2) is 19.2 Å². The molecule has 0 unspecified atom stereocenters. The maximum Gasteiger partial charge on any atom is 0.412 e. The third-order valence-electron chi connectivity index (χ3n) is 4.84. The van der Waals surface area contributed by atoms with Crippen molar-refractivity contribution in [2.75, 3.05) is 23.9 Å². The Kier molecular flexibility index (Phi) is 5.80. The Morgan fingerprint density at radius 2 is 1.84 bits per heavy atom. The van der Waals surface area contributed by atoms with Gasteiger partial charge in [-0.2, -0.15) is 0 Å². The van der Waals surface area contributed by atoms with Gasteiger partial charge in [-0.3, -0.25) is 14.5 Å². The molecule has 0 atom stereocenters. The highest BCUT2D eigenvalue weighted by atomic mass is 19.1. The van der Waals surface area contributed by atoms with Gasteiger partial charge in [0.15, 0.2) is 0 Å². The molecular weight excluding hydrogens is 413 g/mol. The summed E-state index contributed by atoms with van der Waals surface area (Å²) in [6.45, 7) is 1.99. The number of aromatic nitrogens is 3. The fourth-order valence-electron chi connectivity index (χ4n) is 3.19. The Balaban J connectivity index is 1.61. The van der Waals surface area contributed by atoms with Crippen molar-refractivity contribution < 1.29 is 18.7 Å². The van der Waals surface area contributed by atoms with Crippen LogP contribution in [-0.2, 0) is 4.74 Å². The molecule has 0 aliphatic carbocycles. The normalized spacial score (nSPS) is 10.7. The number of amides is 2. The Bertz CT molecular complexity index is 1270. The highest BCUT2D eigenvalue weighted by molar-refractivity contribution is 6.05. The molecule has 8 nitrogen and oxygen atoms in total. The lowest BCUT2D eigenvalue weighted by atomic mass is 10.2. The molecule has 32 heavy (non-hydrogen) atoms. The monoisotopic (exact) mass is 433 g/mol. The molecule has 3 aromatic heterocycles. The Hall–Kier alpha value is -4.27. The van der Waals surface area contributed by atoms with Crippen molar-refractivity contribution in [1.82, 2.24) is 14.4 Å². The van der Waals surface area contributed by atoms with Crippen LogP contribution in [-0.4, -0.2) is 40.0 Å². The van der Waals surface area contributed by atoms with Gasteiger partial charge in [0.1, 0.15) is 17.3 Å². The third kappa shape index (κ3) is 4.27. The summed E-state index contributed by atoms with van der Waals surface area (Å²) in [5.41, 5.74) is 3.17. The first-order valence-corrected chi connectivity index (χ1v) is 9.87. The van der Waals surface area contributed by atoms with Crippen molar-refractivity contribution in [2.45, 2.75) is 6.92 Å². The van der Waals surface area contributed by atoms with Gasteiger partial charge < -0.3 is 9.64 Å². The van der Waals surface area contributed by atoms with Gasteiger partial charge in [0.2, 0.25) is 0 Å². The summed E-state index contributed by atoms with van der Waals surface area (Å²) < 4.78 is 19.8. The first kappa shape index (κ1) is 21.0. The number of fused-ring (bicyclic) bond motifs is 1. The first-order valence-electron chi connectivity index (χ1n) is 9.87. The molecule has 162 valence electrons. The number of ether oxygens (including phenoxy) is 1. The highest BCUT2D eigenvalue weighted by Gasteiger charge is 2.16. The van der Waals surface area contributed by atoms with Crippen LogP contribution in [0.5, 0.6) is 0 Å². The van der Waals surface area contributed by atoms with Gasteiger partial charge >= 0.3 is 6.09 Å². The summed E-state index contributed by atoms with van der Waals surface area (Å²) in [5, 5.41) is 2.54. The van der Waals surface area contributed by atoms with Gasteiger partial charge in [0, 0.05) is 30.7 Å². The molecule has 2 amide bonds. The van der Waals surface area contributed by atoms with E-state index in [2.05, 4.69) is 15.3 Å². The second-order valence-corrected chi connectivity index (χ2v) is 6.91. The number of carbonyl (C=O) groups excluding carboxylic acids is 2. The average Bonchev–Trinajstić information content (AvgIpc) is 3.22. The third-order valence-corrected chi connectivity index (χ3v) is 4.84. The Labute approximate surface area is 183 Å². The van der Waals surface area contributed by atoms with Gasteiger partial charge in [0.05, 0.1) is 24.1 Å². The van der Waals surface area contributed by atoms with Crippen LogP contribution in [0.1, 0.15) is 17.3 Å². The minimum absolute atomic E-state index is 0.245. The van der Waals surface area contributed by atoms with Gasteiger partial charge in [0.25, 0.3) is 5.91 Å². The maximum absolute atomic E-state index is 13.2. The zero-order valence-electron chi connectivity index (χ0n) is 17.4. The molecule has 3 heterocycles. The molecule has 0 spiro atoms. The van der Waals surface area contributed by atoms with Crippen molar-refractivity contribution >= 4 is 29.2 Å². The predicted molar refractivity (Wildman–Crippen MR) is 118 cm³/mol. The topological polar surface area (TPSA) is 88.8 Å². The number of nitrogens with one attached hydrogen (secondary N) is 1. The SMILES string of the molecule is CCOC(=O)Nc1ccc(-c2cnc3ccc(C(=O)N(C)c4ccc(F)cc4)cn23)cn1. The Morgan fingerprint density at radius 3 is 2.53 bits per heavy atom. The molecule has 0 fully saturated rings. The van der Waals surface area contributed by atoms with E-state index < -0.39 is 6.09 Å². The van der Waals surface area contributed by atoms with Crippen molar-refractivity contribution in [1.29, 1.82) is 0 Å². The quantitative estimate of drug-likeness (QED) is 0.505. The van der Waals surface area contributed by atoms with E-state index in [0.29, 0.717) is 22.7 Å². The number of imidazole rings is 1. The largest absolute Gasteiger partial charge is 0.450 e. The first-order chi connectivity index (χ1) is 15.5. The fraction of sp³-hybridized carbons (Fsp3) is 0.130. The van der Waals surface area contributed by atoms with E-state index >= 15 is 0 Å². The number of anilines is 2. The molecule has 0 saturated carbocycles. The van der Waals surface area contributed by atoms with Crippen molar-refractivity contribution in [2.24, 2.45) is 0 Å². The highest BCUT2D eigenvalue weighted by Crippen LogP contribution is 2.23. The lowest BCUT2D eigenvalue weighted by Gasteiger charge is -2.17. The number of nitrogens with zero attached hydrogens (tertiary/aromatic N) is 4. The molecule has 0 aliphatic heterocycles. The van der Waals surface area contributed by atoms with E-state index in [-0.39, 0.29) is 18.3 Å². The van der Waals surface area contributed by atoms with Crippen LogP contribution in [0.4, 0.5) is 20.7 Å². The van der Waals surface area contributed by atoms with Crippen LogP contribution in [0.2, 0.25) is 0 Å². The van der Waals surface area contributed by atoms with Gasteiger partial charge in [-0.05, 0) is 55.5 Å². The van der Waals surface area contributed by atoms with E-state index in [4.69, 9.17) is 4.74 Å². The van der Waals surface area contributed by atoms with Crippen LogP contribution >= 0.6 is 0 Å². The number of carbonyl (C=O) groups is 2. The predicted octanol–water partition coefficient (Wildman–Crippen LogP) is 4.38. The van der Waals surface area contributed by atoms with Crippen LogP contribution in [0, 0.1) is 5.82 Å². The fourth-order valence-corrected chi connectivity index (χ4v) is 3.19. The van der Waals surface area contributed by atoms with E-state index in [1.54, 1.807) is 73.4 Å². The molecule has 1 N–H and O–H groups in total. The average molecular weight is 433 g/mol. The van der Waals surface area contributed by atoms with Crippen molar-refractivity contribution in [3.8, 4) is 11.3 Å². The molecule has 0 aliphatic rings. The van der Waals surface area contributed by atoms with E-state index in [1.165, 1.54) is 17.0 Å². The van der Waals surface area contributed by atoms with Crippen LogP contribution < -0.4 is 10.2 Å². The summed E-state index contributed by atoms with van der Waals surface area (Å²) >= 11 is 0. The van der Waals surface area contributed by atoms with Crippen LogP contribution in [0.15, 0.2) is 67.1 Å². The minimum atomic E-state index is -0.573. The molecule has 4 rings (SSSR count). The number of pyridine rings is 2. The Morgan fingerprint density at radius 1 is 1.06 bits per heavy atom.